The van der Waals surface area contributed by atoms with Crippen molar-refractivity contribution in [2.45, 2.75) is 24.7 Å². The number of aliphatic hydroxyl groups excluding tert-OH is 1. The number of carboxylic acids is 1. The highest BCUT2D eigenvalue weighted by molar-refractivity contribution is 5.88. The second-order valence-electron chi connectivity index (χ2n) is 3.27. The number of nitrogens with one attached hydrogen (secondary N) is 1. The van der Waals surface area contributed by atoms with E-state index in [-0.39, 0.29) is 12.0 Å². The molecule has 0 aliphatic heterocycles. The number of hydrogen-bond donors (Lipinski definition) is 3. The number of hydrogen-bond acceptors (Lipinski definition) is 3. The van der Waals surface area contributed by atoms with Gasteiger partial charge in [-0.1, -0.05) is 0 Å². The maximum atomic E-state index is 11.9. The molecule has 0 spiro atoms. The van der Waals surface area contributed by atoms with Crippen LogP contribution in [0.1, 0.15) is 6.42 Å². The standard InChI is InChI=1S/C8H8F3NO4/c9-8(10,11)7(16)12-4-1-3(6(14)15)2-5(4)13/h2,4-5,13H,1H2,(H,12,16)(H,14,15)/t4-,5+/m1/s1. The molecule has 1 aliphatic rings. The zero-order chi connectivity index (χ0) is 12.5. The highest BCUT2D eigenvalue weighted by Gasteiger charge is 2.42. The Labute approximate surface area is 87.6 Å². The van der Waals surface area contributed by atoms with Crippen LogP contribution in [0.4, 0.5) is 13.2 Å². The lowest BCUT2D eigenvalue weighted by atomic mass is 10.1. The van der Waals surface area contributed by atoms with E-state index >= 15 is 0 Å². The second kappa shape index (κ2) is 4.12. The molecule has 0 heterocycles. The SMILES string of the molecule is O=C(O)C1=C[C@H](O)[C@H](NC(=O)C(F)(F)F)C1. The molecule has 8 heteroatoms. The van der Waals surface area contributed by atoms with Crippen molar-refractivity contribution in [3.63, 3.8) is 0 Å². The van der Waals surface area contributed by atoms with Crippen LogP contribution in [0.5, 0.6) is 0 Å². The van der Waals surface area contributed by atoms with Crippen molar-refractivity contribution in [1.82, 2.24) is 5.32 Å². The van der Waals surface area contributed by atoms with Crippen molar-refractivity contribution in [2.75, 3.05) is 0 Å². The molecular weight excluding hydrogens is 231 g/mol. The maximum absolute atomic E-state index is 11.9. The van der Waals surface area contributed by atoms with Gasteiger partial charge in [-0.05, 0) is 6.08 Å². The maximum Gasteiger partial charge on any atom is 0.471 e. The van der Waals surface area contributed by atoms with E-state index in [0.29, 0.717) is 0 Å². The van der Waals surface area contributed by atoms with Crippen LogP contribution in [0.3, 0.4) is 0 Å². The highest BCUT2D eigenvalue weighted by atomic mass is 19.4. The van der Waals surface area contributed by atoms with Gasteiger partial charge in [-0.3, -0.25) is 4.79 Å². The molecule has 0 saturated heterocycles. The Morgan fingerprint density at radius 1 is 1.44 bits per heavy atom. The summed E-state index contributed by atoms with van der Waals surface area (Å²) in [6.07, 6.45) is -5.90. The Morgan fingerprint density at radius 2 is 2.00 bits per heavy atom. The molecule has 0 fully saturated rings. The summed E-state index contributed by atoms with van der Waals surface area (Å²) in [4.78, 5) is 21.0. The number of carbonyl (C=O) groups excluding carboxylic acids is 1. The lowest BCUT2D eigenvalue weighted by Gasteiger charge is -2.17. The molecule has 0 aromatic heterocycles. The van der Waals surface area contributed by atoms with Crippen molar-refractivity contribution < 1.29 is 33.0 Å². The van der Waals surface area contributed by atoms with Crippen molar-refractivity contribution in [1.29, 1.82) is 0 Å². The number of aliphatic carboxylic acids is 1. The molecule has 0 aromatic carbocycles. The van der Waals surface area contributed by atoms with Crippen molar-refractivity contribution in [2.24, 2.45) is 0 Å². The van der Waals surface area contributed by atoms with Crippen LogP contribution in [-0.2, 0) is 9.59 Å². The molecule has 1 amide bonds. The fourth-order valence-electron chi connectivity index (χ4n) is 1.29. The van der Waals surface area contributed by atoms with Gasteiger partial charge in [-0.15, -0.1) is 0 Å². The first kappa shape index (κ1) is 12.5. The number of amides is 1. The van der Waals surface area contributed by atoms with Crippen LogP contribution in [0.25, 0.3) is 0 Å². The van der Waals surface area contributed by atoms with Gasteiger partial charge in [0, 0.05) is 12.0 Å². The van der Waals surface area contributed by atoms with Crippen LogP contribution in [0, 0.1) is 0 Å². The Bertz CT molecular complexity index is 350. The van der Waals surface area contributed by atoms with Crippen LogP contribution in [-0.4, -0.2) is 40.4 Å². The molecule has 0 aromatic rings. The van der Waals surface area contributed by atoms with E-state index in [1.165, 1.54) is 5.32 Å². The molecule has 0 radical (unpaired) electrons. The number of aliphatic hydroxyl groups is 1. The minimum Gasteiger partial charge on any atom is -0.478 e. The number of halogens is 3. The van der Waals surface area contributed by atoms with E-state index < -0.39 is 30.2 Å². The second-order valence-corrected chi connectivity index (χ2v) is 3.27. The Balaban J connectivity index is 2.61. The molecule has 90 valence electrons. The first-order chi connectivity index (χ1) is 7.21. The third-order valence-electron chi connectivity index (χ3n) is 2.07. The van der Waals surface area contributed by atoms with Gasteiger partial charge in [0.25, 0.3) is 0 Å². The van der Waals surface area contributed by atoms with Gasteiger partial charge in [-0.25, -0.2) is 4.79 Å². The summed E-state index contributed by atoms with van der Waals surface area (Å²) in [7, 11) is 0. The minimum absolute atomic E-state index is 0.222. The van der Waals surface area contributed by atoms with Crippen LogP contribution < -0.4 is 5.32 Å². The highest BCUT2D eigenvalue weighted by Crippen LogP contribution is 2.22. The molecule has 0 saturated carbocycles. The molecule has 2 atom stereocenters. The molecule has 1 aliphatic carbocycles. The summed E-state index contributed by atoms with van der Waals surface area (Å²) in [5, 5.41) is 19.3. The zero-order valence-electron chi connectivity index (χ0n) is 7.78. The van der Waals surface area contributed by atoms with Crippen molar-refractivity contribution >= 4 is 11.9 Å². The number of alkyl halides is 3. The topological polar surface area (TPSA) is 86.6 Å². The van der Waals surface area contributed by atoms with Crippen LogP contribution >= 0.6 is 0 Å². The fraction of sp³-hybridized carbons (Fsp3) is 0.500. The molecular formula is C8H8F3NO4. The summed E-state index contributed by atoms with van der Waals surface area (Å²) >= 11 is 0. The Morgan fingerprint density at radius 3 is 2.38 bits per heavy atom. The minimum atomic E-state index is -5.05. The third kappa shape index (κ3) is 2.72. The van der Waals surface area contributed by atoms with E-state index in [1.54, 1.807) is 0 Å². The van der Waals surface area contributed by atoms with Gasteiger partial charge in [0.1, 0.15) is 0 Å². The van der Waals surface area contributed by atoms with Crippen LogP contribution in [0.2, 0.25) is 0 Å². The van der Waals surface area contributed by atoms with E-state index in [9.17, 15) is 27.9 Å². The Kier molecular flexibility index (Phi) is 3.22. The Hall–Kier alpha value is -1.57. The van der Waals surface area contributed by atoms with Gasteiger partial charge >= 0.3 is 18.1 Å². The van der Waals surface area contributed by atoms with Gasteiger partial charge in [0.05, 0.1) is 12.1 Å². The molecule has 1 rings (SSSR count). The molecule has 16 heavy (non-hydrogen) atoms. The zero-order valence-corrected chi connectivity index (χ0v) is 7.78. The average Bonchev–Trinajstić information content (AvgIpc) is 2.46. The van der Waals surface area contributed by atoms with Gasteiger partial charge in [0.2, 0.25) is 0 Å². The van der Waals surface area contributed by atoms with Crippen molar-refractivity contribution in [3.8, 4) is 0 Å². The van der Waals surface area contributed by atoms with E-state index in [2.05, 4.69) is 0 Å². The predicted octanol–water partition coefficient (Wildman–Crippen LogP) is -0.191. The lowest BCUT2D eigenvalue weighted by molar-refractivity contribution is -0.174. The normalized spacial score (nSPS) is 25.1. The van der Waals surface area contributed by atoms with Crippen molar-refractivity contribution in [3.05, 3.63) is 11.6 Å². The number of carbonyl (C=O) groups is 2. The van der Waals surface area contributed by atoms with E-state index in [1.807, 2.05) is 0 Å². The largest absolute Gasteiger partial charge is 0.478 e. The average molecular weight is 239 g/mol. The first-order valence-corrected chi connectivity index (χ1v) is 4.21. The van der Waals surface area contributed by atoms with Gasteiger partial charge in [-0.2, -0.15) is 13.2 Å². The molecule has 0 bridgehead atoms. The van der Waals surface area contributed by atoms with Gasteiger partial charge in [0.15, 0.2) is 0 Å². The number of carboxylic acid groups (broad SMARTS) is 1. The predicted molar refractivity (Wildman–Crippen MR) is 44.3 cm³/mol. The first-order valence-electron chi connectivity index (χ1n) is 4.21. The van der Waals surface area contributed by atoms with Gasteiger partial charge < -0.3 is 15.5 Å². The molecule has 3 N–H and O–H groups in total. The smallest absolute Gasteiger partial charge is 0.471 e. The number of rotatable bonds is 2. The summed E-state index contributed by atoms with van der Waals surface area (Å²) in [6.45, 7) is 0. The third-order valence-corrected chi connectivity index (χ3v) is 2.07. The summed E-state index contributed by atoms with van der Waals surface area (Å²) in [5.74, 6) is -3.53. The lowest BCUT2D eigenvalue weighted by Crippen LogP contribution is -2.46. The van der Waals surface area contributed by atoms with E-state index in [4.69, 9.17) is 5.11 Å². The summed E-state index contributed by atoms with van der Waals surface area (Å²) in [5.41, 5.74) is -0.222. The fourth-order valence-corrected chi connectivity index (χ4v) is 1.29. The summed E-state index contributed by atoms with van der Waals surface area (Å²) in [6, 6.07) is -1.25. The molecule has 5 nitrogen and oxygen atoms in total. The summed E-state index contributed by atoms with van der Waals surface area (Å²) < 4.78 is 35.6. The quantitative estimate of drug-likeness (QED) is 0.623. The van der Waals surface area contributed by atoms with E-state index in [0.717, 1.165) is 6.08 Å². The molecule has 0 unspecified atom stereocenters. The van der Waals surface area contributed by atoms with Crippen LogP contribution in [0.15, 0.2) is 11.6 Å². The monoisotopic (exact) mass is 239 g/mol.